The molecule has 0 spiro atoms. The summed E-state index contributed by atoms with van der Waals surface area (Å²) in [6.45, 7) is 5.65. The first-order chi connectivity index (χ1) is 16.0. The average Bonchev–Trinajstić information content (AvgIpc) is 3.09. The van der Waals surface area contributed by atoms with Crippen LogP contribution in [0.1, 0.15) is 43.9 Å². The minimum Gasteiger partial charge on any atom is -0.507 e. The molecule has 1 aliphatic heterocycles. The molecular formula is C26H31NO6. The molecule has 7 nitrogen and oxygen atoms in total. The molecule has 7 heteroatoms. The van der Waals surface area contributed by atoms with E-state index in [4.69, 9.17) is 14.2 Å². The lowest BCUT2D eigenvalue weighted by atomic mass is 9.95. The second-order valence-electron chi connectivity index (χ2n) is 7.78. The van der Waals surface area contributed by atoms with E-state index in [9.17, 15) is 14.7 Å². The standard InChI is InChI=1S/C26H31NO6/c1-4-14-32-20-11-9-18(10-12-20)23-22(25(29)26(30)27(23)13-16-31-3)24(28)19-7-6-8-21(17-19)33-15-5-2/h6-12,17,23,28H,4-5,13-16H2,1-3H3/b24-22+. The summed E-state index contributed by atoms with van der Waals surface area (Å²) in [5.74, 6) is -0.326. The number of carbonyl (C=O) groups excluding carboxylic acids is 2. The van der Waals surface area contributed by atoms with E-state index in [2.05, 4.69) is 0 Å². The van der Waals surface area contributed by atoms with Gasteiger partial charge in [-0.2, -0.15) is 0 Å². The molecular weight excluding hydrogens is 422 g/mol. The molecule has 1 unspecified atom stereocenters. The Kier molecular flexibility index (Phi) is 8.49. The van der Waals surface area contributed by atoms with E-state index in [0.29, 0.717) is 35.8 Å². The summed E-state index contributed by atoms with van der Waals surface area (Å²) in [7, 11) is 1.53. The Balaban J connectivity index is 2.05. The van der Waals surface area contributed by atoms with Crippen molar-refractivity contribution in [2.24, 2.45) is 0 Å². The molecule has 2 aromatic rings. The number of rotatable bonds is 11. The van der Waals surface area contributed by atoms with E-state index in [1.54, 1.807) is 36.4 Å². The van der Waals surface area contributed by atoms with Crippen molar-refractivity contribution >= 4 is 17.4 Å². The van der Waals surface area contributed by atoms with Crippen LogP contribution in [-0.2, 0) is 14.3 Å². The van der Waals surface area contributed by atoms with Crippen LogP contribution in [0.25, 0.3) is 5.76 Å². The number of amides is 1. The van der Waals surface area contributed by atoms with E-state index in [1.165, 1.54) is 12.0 Å². The van der Waals surface area contributed by atoms with Gasteiger partial charge in [-0.15, -0.1) is 0 Å². The van der Waals surface area contributed by atoms with Crippen molar-refractivity contribution in [1.29, 1.82) is 0 Å². The zero-order chi connectivity index (χ0) is 23.8. The van der Waals surface area contributed by atoms with Crippen LogP contribution in [0, 0.1) is 0 Å². The van der Waals surface area contributed by atoms with Crippen LogP contribution in [0.5, 0.6) is 11.5 Å². The zero-order valence-corrected chi connectivity index (χ0v) is 19.4. The lowest BCUT2D eigenvalue weighted by molar-refractivity contribution is -0.140. The van der Waals surface area contributed by atoms with Crippen molar-refractivity contribution in [3.63, 3.8) is 0 Å². The third-order valence-electron chi connectivity index (χ3n) is 5.33. The zero-order valence-electron chi connectivity index (χ0n) is 19.4. The van der Waals surface area contributed by atoms with Crippen molar-refractivity contribution in [2.75, 3.05) is 33.5 Å². The highest BCUT2D eigenvalue weighted by atomic mass is 16.5. The van der Waals surface area contributed by atoms with Crippen LogP contribution in [0.3, 0.4) is 0 Å². The molecule has 3 rings (SSSR count). The molecule has 1 N–H and O–H groups in total. The number of nitrogens with zero attached hydrogens (tertiary/aromatic N) is 1. The van der Waals surface area contributed by atoms with E-state index in [-0.39, 0.29) is 24.5 Å². The molecule has 0 saturated carbocycles. The van der Waals surface area contributed by atoms with Gasteiger partial charge in [-0.1, -0.05) is 38.1 Å². The molecule has 1 aliphatic rings. The third-order valence-corrected chi connectivity index (χ3v) is 5.33. The molecule has 0 bridgehead atoms. The largest absolute Gasteiger partial charge is 0.507 e. The van der Waals surface area contributed by atoms with Crippen LogP contribution in [0.2, 0.25) is 0 Å². The fourth-order valence-electron chi connectivity index (χ4n) is 3.72. The van der Waals surface area contributed by atoms with E-state index >= 15 is 0 Å². The summed E-state index contributed by atoms with van der Waals surface area (Å²) in [6, 6.07) is 13.4. The van der Waals surface area contributed by atoms with Gasteiger partial charge in [-0.25, -0.2) is 0 Å². The Morgan fingerprint density at radius 1 is 0.939 bits per heavy atom. The number of ether oxygens (including phenoxy) is 3. The number of ketones is 1. The summed E-state index contributed by atoms with van der Waals surface area (Å²) >= 11 is 0. The quantitative estimate of drug-likeness (QED) is 0.310. The molecule has 33 heavy (non-hydrogen) atoms. The first-order valence-electron chi connectivity index (χ1n) is 11.2. The van der Waals surface area contributed by atoms with E-state index < -0.39 is 17.7 Å². The summed E-state index contributed by atoms with van der Waals surface area (Å²) in [5, 5.41) is 11.2. The Morgan fingerprint density at radius 3 is 2.24 bits per heavy atom. The molecule has 1 heterocycles. The number of hydrogen-bond acceptors (Lipinski definition) is 6. The van der Waals surface area contributed by atoms with Crippen LogP contribution in [-0.4, -0.2) is 55.2 Å². The lowest BCUT2D eigenvalue weighted by Crippen LogP contribution is -2.32. The van der Waals surface area contributed by atoms with Gasteiger partial charge in [-0.3, -0.25) is 9.59 Å². The number of aliphatic hydroxyl groups excluding tert-OH is 1. The van der Waals surface area contributed by atoms with Crippen molar-refractivity contribution in [2.45, 2.75) is 32.7 Å². The number of aliphatic hydroxyl groups is 1. The van der Waals surface area contributed by atoms with Gasteiger partial charge in [0.25, 0.3) is 11.7 Å². The van der Waals surface area contributed by atoms with Crippen LogP contribution in [0.4, 0.5) is 0 Å². The molecule has 1 saturated heterocycles. The van der Waals surface area contributed by atoms with Crippen LogP contribution < -0.4 is 9.47 Å². The first kappa shape index (κ1) is 24.3. The second-order valence-corrected chi connectivity index (χ2v) is 7.78. The summed E-state index contributed by atoms with van der Waals surface area (Å²) < 4.78 is 16.5. The van der Waals surface area contributed by atoms with Crippen molar-refractivity contribution in [1.82, 2.24) is 4.90 Å². The van der Waals surface area contributed by atoms with Gasteiger partial charge in [0.2, 0.25) is 0 Å². The summed E-state index contributed by atoms with van der Waals surface area (Å²) in [5.41, 5.74) is 1.17. The number of likely N-dealkylation sites (tertiary alicyclic amines) is 1. The highest BCUT2D eigenvalue weighted by molar-refractivity contribution is 6.46. The molecule has 2 aromatic carbocycles. The molecule has 1 amide bonds. The van der Waals surface area contributed by atoms with Gasteiger partial charge in [0, 0.05) is 19.2 Å². The van der Waals surface area contributed by atoms with E-state index in [0.717, 1.165) is 12.8 Å². The number of hydrogen-bond donors (Lipinski definition) is 1. The third kappa shape index (κ3) is 5.54. The van der Waals surface area contributed by atoms with Gasteiger partial charge in [0.1, 0.15) is 17.3 Å². The van der Waals surface area contributed by atoms with Gasteiger partial charge in [0.15, 0.2) is 0 Å². The number of carbonyl (C=O) groups is 2. The number of methoxy groups -OCH3 is 1. The highest BCUT2D eigenvalue weighted by Crippen LogP contribution is 2.40. The molecule has 1 fully saturated rings. The Morgan fingerprint density at radius 2 is 1.61 bits per heavy atom. The maximum atomic E-state index is 13.0. The van der Waals surface area contributed by atoms with Crippen LogP contribution in [0.15, 0.2) is 54.1 Å². The average molecular weight is 454 g/mol. The minimum atomic E-state index is -0.736. The topological polar surface area (TPSA) is 85.3 Å². The van der Waals surface area contributed by atoms with Crippen molar-refractivity contribution in [3.05, 3.63) is 65.2 Å². The predicted octanol–water partition coefficient (Wildman–Crippen LogP) is 4.33. The monoisotopic (exact) mass is 453 g/mol. The molecule has 0 aliphatic carbocycles. The fraction of sp³-hybridized carbons (Fsp3) is 0.385. The summed E-state index contributed by atoms with van der Waals surface area (Å²) in [6.07, 6.45) is 1.73. The molecule has 0 aromatic heterocycles. The normalized spacial score (nSPS) is 17.4. The highest BCUT2D eigenvalue weighted by Gasteiger charge is 2.45. The SMILES string of the molecule is CCCOc1ccc(C2/C(=C(\O)c3cccc(OCCC)c3)C(=O)C(=O)N2CCOC)cc1. The Labute approximate surface area is 194 Å². The van der Waals surface area contributed by atoms with Gasteiger partial charge >= 0.3 is 0 Å². The number of benzene rings is 2. The molecule has 176 valence electrons. The van der Waals surface area contributed by atoms with Gasteiger partial charge in [-0.05, 0) is 42.7 Å². The van der Waals surface area contributed by atoms with Crippen molar-refractivity contribution < 1.29 is 28.9 Å². The molecule has 1 atom stereocenters. The maximum absolute atomic E-state index is 13.0. The van der Waals surface area contributed by atoms with Gasteiger partial charge in [0.05, 0.1) is 31.4 Å². The smallest absolute Gasteiger partial charge is 0.295 e. The summed E-state index contributed by atoms with van der Waals surface area (Å²) in [4.78, 5) is 27.4. The number of Topliss-reactive ketones (excluding diaryl/α,β-unsaturated/α-hetero) is 1. The second kappa shape index (κ2) is 11.5. The van der Waals surface area contributed by atoms with Crippen LogP contribution >= 0.6 is 0 Å². The first-order valence-corrected chi connectivity index (χ1v) is 11.2. The predicted molar refractivity (Wildman–Crippen MR) is 125 cm³/mol. The Bertz CT molecular complexity index is 998. The van der Waals surface area contributed by atoms with Crippen molar-refractivity contribution in [3.8, 4) is 11.5 Å². The maximum Gasteiger partial charge on any atom is 0.295 e. The van der Waals surface area contributed by atoms with E-state index in [1.807, 2.05) is 26.0 Å². The lowest BCUT2D eigenvalue weighted by Gasteiger charge is -2.25. The van der Waals surface area contributed by atoms with Gasteiger partial charge < -0.3 is 24.2 Å². The fourth-order valence-corrected chi connectivity index (χ4v) is 3.72. The minimum absolute atomic E-state index is 0.0472. The molecule has 0 radical (unpaired) electrons. The Hall–Kier alpha value is -3.32.